The Bertz CT molecular complexity index is 568. The lowest BCUT2D eigenvalue weighted by Gasteiger charge is -2.17. The van der Waals surface area contributed by atoms with Crippen molar-refractivity contribution in [2.45, 2.75) is 6.10 Å². The van der Waals surface area contributed by atoms with E-state index >= 15 is 0 Å². The summed E-state index contributed by atoms with van der Waals surface area (Å²) in [5.74, 6) is 0.848. The van der Waals surface area contributed by atoms with Gasteiger partial charge in [0.05, 0.1) is 12.1 Å². The van der Waals surface area contributed by atoms with Crippen LogP contribution in [0, 0.1) is 0 Å². The van der Waals surface area contributed by atoms with Gasteiger partial charge >= 0.3 is 0 Å². The number of hydrogen-bond acceptors (Lipinski definition) is 2. The third-order valence-electron chi connectivity index (χ3n) is 3.02. The topological polar surface area (TPSA) is 21.3 Å². The fourth-order valence-corrected chi connectivity index (χ4v) is 2.34. The molecule has 0 spiro atoms. The van der Waals surface area contributed by atoms with Gasteiger partial charge in [0.2, 0.25) is 0 Å². The van der Waals surface area contributed by atoms with Crippen LogP contribution in [0.1, 0.15) is 17.2 Å². The van der Waals surface area contributed by atoms with E-state index < -0.39 is 0 Å². The van der Waals surface area contributed by atoms with Crippen LogP contribution >= 0.6 is 12.2 Å². The molecule has 2 aromatic carbocycles. The van der Waals surface area contributed by atoms with Crippen LogP contribution in [0.5, 0.6) is 5.75 Å². The number of thiocarbonyl (C=S) groups is 1. The van der Waals surface area contributed by atoms with E-state index in [1.165, 1.54) is 0 Å². The van der Waals surface area contributed by atoms with Crippen molar-refractivity contribution in [2.75, 3.05) is 6.54 Å². The number of rotatable bonds is 1. The Balaban J connectivity index is 1.97. The highest BCUT2D eigenvalue weighted by molar-refractivity contribution is 7.80. The lowest BCUT2D eigenvalue weighted by atomic mass is 10.1. The molecule has 3 rings (SSSR count). The van der Waals surface area contributed by atoms with Crippen molar-refractivity contribution in [3.63, 3.8) is 0 Å². The molecule has 0 amide bonds. The van der Waals surface area contributed by atoms with Gasteiger partial charge in [-0.2, -0.15) is 0 Å². The number of para-hydroxylation sites is 1. The molecular weight excluding hydrogens is 242 g/mol. The summed E-state index contributed by atoms with van der Waals surface area (Å²) in [6.07, 6.45) is -0.00667. The largest absolute Gasteiger partial charge is 0.483 e. The zero-order chi connectivity index (χ0) is 12.4. The fraction of sp³-hybridized carbons (Fsp3) is 0.133. The van der Waals surface area contributed by atoms with Gasteiger partial charge < -0.3 is 10.1 Å². The third-order valence-corrected chi connectivity index (χ3v) is 3.38. The van der Waals surface area contributed by atoms with Crippen molar-refractivity contribution in [1.29, 1.82) is 0 Å². The van der Waals surface area contributed by atoms with E-state index in [1.54, 1.807) is 0 Å². The van der Waals surface area contributed by atoms with E-state index in [-0.39, 0.29) is 6.10 Å². The normalized spacial score (nSPS) is 18.2. The van der Waals surface area contributed by atoms with Gasteiger partial charge in [-0.05, 0) is 17.7 Å². The van der Waals surface area contributed by atoms with Gasteiger partial charge in [0, 0.05) is 0 Å². The third kappa shape index (κ3) is 2.09. The molecule has 1 aliphatic rings. The van der Waals surface area contributed by atoms with Crippen molar-refractivity contribution >= 4 is 17.2 Å². The maximum atomic E-state index is 6.06. The summed E-state index contributed by atoms with van der Waals surface area (Å²) < 4.78 is 6.06. The Morgan fingerprint density at radius 2 is 1.72 bits per heavy atom. The smallest absolute Gasteiger partial charge is 0.141 e. The summed E-state index contributed by atoms with van der Waals surface area (Å²) in [6, 6.07) is 18.1. The van der Waals surface area contributed by atoms with E-state index in [4.69, 9.17) is 17.0 Å². The SMILES string of the molecule is S=C1NCC(c2ccccc2)Oc2ccccc21. The van der Waals surface area contributed by atoms with E-state index in [0.717, 1.165) is 21.9 Å². The molecule has 1 unspecified atom stereocenters. The van der Waals surface area contributed by atoms with Crippen molar-refractivity contribution in [3.05, 3.63) is 65.7 Å². The van der Waals surface area contributed by atoms with Crippen LogP contribution in [0.3, 0.4) is 0 Å². The minimum absolute atomic E-state index is 0.00667. The number of ether oxygens (including phenoxy) is 1. The van der Waals surface area contributed by atoms with Crippen LogP contribution in [0.15, 0.2) is 54.6 Å². The van der Waals surface area contributed by atoms with E-state index in [9.17, 15) is 0 Å². The van der Waals surface area contributed by atoms with Gasteiger partial charge in [0.15, 0.2) is 0 Å². The number of nitrogens with one attached hydrogen (secondary N) is 1. The standard InChI is InChI=1S/C15H13NOS/c18-15-12-8-4-5-9-13(12)17-14(10-16-15)11-6-2-1-3-7-11/h1-9,14H,10H2,(H,16,18). The predicted octanol–water partition coefficient (Wildman–Crippen LogP) is 3.09. The summed E-state index contributed by atoms with van der Waals surface area (Å²) >= 11 is 5.36. The van der Waals surface area contributed by atoms with Crippen LogP contribution in [-0.2, 0) is 0 Å². The van der Waals surface area contributed by atoms with Gasteiger partial charge in [-0.15, -0.1) is 0 Å². The molecule has 18 heavy (non-hydrogen) atoms. The summed E-state index contributed by atoms with van der Waals surface area (Å²) in [7, 11) is 0. The van der Waals surface area contributed by atoms with Crippen LogP contribution < -0.4 is 10.1 Å². The Labute approximate surface area is 112 Å². The minimum atomic E-state index is -0.00667. The van der Waals surface area contributed by atoms with E-state index in [2.05, 4.69) is 17.4 Å². The average Bonchev–Trinajstić information content (AvgIpc) is 2.60. The zero-order valence-electron chi connectivity index (χ0n) is 9.80. The van der Waals surface area contributed by atoms with Crippen LogP contribution in [0.2, 0.25) is 0 Å². The molecule has 1 aliphatic heterocycles. The zero-order valence-corrected chi connectivity index (χ0v) is 10.6. The first-order chi connectivity index (χ1) is 8.84. The molecular formula is C15H13NOS. The second-order valence-electron chi connectivity index (χ2n) is 4.22. The van der Waals surface area contributed by atoms with Crippen LogP contribution in [-0.4, -0.2) is 11.5 Å². The molecule has 90 valence electrons. The molecule has 0 aliphatic carbocycles. The molecule has 3 heteroatoms. The predicted molar refractivity (Wildman–Crippen MR) is 76.0 cm³/mol. The highest BCUT2D eigenvalue weighted by Gasteiger charge is 2.20. The van der Waals surface area contributed by atoms with Crippen molar-refractivity contribution in [2.24, 2.45) is 0 Å². The maximum Gasteiger partial charge on any atom is 0.141 e. The van der Waals surface area contributed by atoms with Crippen LogP contribution in [0.4, 0.5) is 0 Å². The fourth-order valence-electron chi connectivity index (χ4n) is 2.09. The first-order valence-corrected chi connectivity index (χ1v) is 6.34. The molecule has 0 radical (unpaired) electrons. The Hall–Kier alpha value is -1.87. The highest BCUT2D eigenvalue weighted by Crippen LogP contribution is 2.27. The molecule has 1 heterocycles. The Kier molecular flexibility index (Phi) is 2.99. The van der Waals surface area contributed by atoms with Crippen molar-refractivity contribution in [3.8, 4) is 5.75 Å². The molecule has 1 N–H and O–H groups in total. The molecule has 0 saturated heterocycles. The molecule has 2 nitrogen and oxygen atoms in total. The molecule has 0 bridgehead atoms. The molecule has 1 atom stereocenters. The lowest BCUT2D eigenvalue weighted by Crippen LogP contribution is -2.26. The van der Waals surface area contributed by atoms with Crippen molar-refractivity contribution in [1.82, 2.24) is 5.32 Å². The summed E-state index contributed by atoms with van der Waals surface area (Å²) in [6.45, 7) is 0.692. The molecule has 2 aromatic rings. The van der Waals surface area contributed by atoms with Crippen molar-refractivity contribution < 1.29 is 4.74 Å². The first-order valence-electron chi connectivity index (χ1n) is 5.93. The monoisotopic (exact) mass is 255 g/mol. The van der Waals surface area contributed by atoms with Gasteiger partial charge in [-0.3, -0.25) is 0 Å². The molecule has 0 saturated carbocycles. The first kappa shape index (κ1) is 11.2. The quantitative estimate of drug-likeness (QED) is 0.791. The number of benzene rings is 2. The maximum absolute atomic E-state index is 6.06. The summed E-state index contributed by atoms with van der Waals surface area (Å²) in [5.41, 5.74) is 2.12. The van der Waals surface area contributed by atoms with Gasteiger partial charge in [-0.1, -0.05) is 54.7 Å². The summed E-state index contributed by atoms with van der Waals surface area (Å²) in [5, 5.41) is 3.26. The van der Waals surface area contributed by atoms with E-state index in [1.807, 2.05) is 42.5 Å². The van der Waals surface area contributed by atoms with Crippen LogP contribution in [0.25, 0.3) is 0 Å². The summed E-state index contributed by atoms with van der Waals surface area (Å²) in [4.78, 5) is 0.754. The Morgan fingerprint density at radius 3 is 2.56 bits per heavy atom. The Morgan fingerprint density at radius 1 is 1.00 bits per heavy atom. The lowest BCUT2D eigenvalue weighted by molar-refractivity contribution is 0.212. The highest BCUT2D eigenvalue weighted by atomic mass is 32.1. The van der Waals surface area contributed by atoms with Gasteiger partial charge in [-0.25, -0.2) is 0 Å². The van der Waals surface area contributed by atoms with Gasteiger partial charge in [0.25, 0.3) is 0 Å². The minimum Gasteiger partial charge on any atom is -0.483 e. The number of hydrogen-bond donors (Lipinski definition) is 1. The molecule has 0 aromatic heterocycles. The van der Waals surface area contributed by atoms with E-state index in [0.29, 0.717) is 6.54 Å². The average molecular weight is 255 g/mol. The van der Waals surface area contributed by atoms with Gasteiger partial charge in [0.1, 0.15) is 16.8 Å². The second-order valence-corrected chi connectivity index (χ2v) is 4.63. The molecule has 0 fully saturated rings. The number of fused-ring (bicyclic) bond motifs is 1. The second kappa shape index (κ2) is 4.78.